The zero-order valence-corrected chi connectivity index (χ0v) is 9.27. The molecule has 3 nitrogen and oxygen atoms in total. The lowest BCUT2D eigenvalue weighted by atomic mass is 10.2. The Kier molecular flexibility index (Phi) is 3.08. The number of aryl methyl sites for hydroxylation is 1. The molecule has 1 aromatic heterocycles. The van der Waals surface area contributed by atoms with E-state index in [2.05, 4.69) is 14.9 Å². The van der Waals surface area contributed by atoms with Crippen LogP contribution in [0.3, 0.4) is 0 Å². The average molecular weight is 214 g/mol. The number of halogens is 1. The molecule has 0 bridgehead atoms. The van der Waals surface area contributed by atoms with Crippen molar-refractivity contribution in [1.82, 2.24) is 14.9 Å². The maximum absolute atomic E-state index is 6.25. The van der Waals surface area contributed by atoms with Crippen LogP contribution >= 0.6 is 11.6 Å². The third-order valence-corrected chi connectivity index (χ3v) is 3.12. The van der Waals surface area contributed by atoms with Gasteiger partial charge in [-0.15, -0.1) is 0 Å². The molecule has 14 heavy (non-hydrogen) atoms. The van der Waals surface area contributed by atoms with Gasteiger partial charge in [0.2, 0.25) is 0 Å². The van der Waals surface area contributed by atoms with Gasteiger partial charge in [0, 0.05) is 25.9 Å². The molecule has 2 rings (SSSR count). The van der Waals surface area contributed by atoms with Gasteiger partial charge in [0.25, 0.3) is 0 Å². The van der Waals surface area contributed by atoms with Crippen LogP contribution in [0.5, 0.6) is 0 Å². The summed E-state index contributed by atoms with van der Waals surface area (Å²) in [7, 11) is 1.95. The molecule has 0 fully saturated rings. The highest BCUT2D eigenvalue weighted by atomic mass is 35.5. The molecule has 0 aromatic carbocycles. The van der Waals surface area contributed by atoms with E-state index in [-0.39, 0.29) is 0 Å². The molecular weight excluding hydrogens is 198 g/mol. The molecule has 0 amide bonds. The molecular formula is C10H16ClN3. The number of fused-ring (bicyclic) bond motifs is 1. The highest BCUT2D eigenvalue weighted by Crippen LogP contribution is 2.23. The molecule has 1 aliphatic rings. The van der Waals surface area contributed by atoms with E-state index in [1.54, 1.807) is 0 Å². The minimum absolute atomic E-state index is 0.856. The summed E-state index contributed by atoms with van der Waals surface area (Å²) in [6.45, 7) is 1.98. The Hall–Kier alpha value is -0.540. The normalized spacial score (nSPS) is 15.6. The second-order valence-electron chi connectivity index (χ2n) is 3.73. The third kappa shape index (κ3) is 1.79. The summed E-state index contributed by atoms with van der Waals surface area (Å²) >= 11 is 6.25. The zero-order chi connectivity index (χ0) is 9.97. The molecule has 0 saturated carbocycles. The van der Waals surface area contributed by atoms with Crippen LogP contribution in [0.25, 0.3) is 0 Å². The fourth-order valence-corrected chi connectivity index (χ4v) is 2.22. The summed E-state index contributed by atoms with van der Waals surface area (Å²) in [6.07, 6.45) is 4.49. The van der Waals surface area contributed by atoms with Crippen molar-refractivity contribution in [3.8, 4) is 0 Å². The van der Waals surface area contributed by atoms with Crippen LogP contribution in [0.4, 0.5) is 0 Å². The largest absolute Gasteiger partial charge is 0.319 e. The maximum atomic E-state index is 6.25. The van der Waals surface area contributed by atoms with Gasteiger partial charge in [-0.2, -0.15) is 0 Å². The lowest BCUT2D eigenvalue weighted by Gasteiger charge is -2.13. The van der Waals surface area contributed by atoms with Crippen LogP contribution in [0.1, 0.15) is 24.4 Å². The van der Waals surface area contributed by atoms with Gasteiger partial charge in [0.15, 0.2) is 0 Å². The van der Waals surface area contributed by atoms with Crippen LogP contribution < -0.4 is 5.32 Å². The maximum Gasteiger partial charge on any atom is 0.132 e. The van der Waals surface area contributed by atoms with Crippen molar-refractivity contribution in [3.63, 3.8) is 0 Å². The molecule has 0 saturated heterocycles. The fraction of sp³-hybridized carbons (Fsp3) is 0.700. The first-order valence-corrected chi connectivity index (χ1v) is 5.59. The summed E-state index contributed by atoms with van der Waals surface area (Å²) in [6, 6.07) is 0. The van der Waals surface area contributed by atoms with Gasteiger partial charge in [-0.3, -0.25) is 0 Å². The van der Waals surface area contributed by atoms with Gasteiger partial charge in [-0.05, 0) is 19.9 Å². The van der Waals surface area contributed by atoms with Crippen LogP contribution in [0.2, 0.25) is 5.15 Å². The molecule has 0 atom stereocenters. The molecule has 0 spiro atoms. The van der Waals surface area contributed by atoms with E-state index in [0.29, 0.717) is 0 Å². The molecule has 0 aliphatic carbocycles. The highest BCUT2D eigenvalue weighted by molar-refractivity contribution is 6.30. The van der Waals surface area contributed by atoms with Gasteiger partial charge >= 0.3 is 0 Å². The quantitative estimate of drug-likeness (QED) is 0.828. The first-order valence-electron chi connectivity index (χ1n) is 5.21. The zero-order valence-electron chi connectivity index (χ0n) is 8.52. The molecule has 0 radical (unpaired) electrons. The smallest absolute Gasteiger partial charge is 0.132 e. The topological polar surface area (TPSA) is 29.9 Å². The lowest BCUT2D eigenvalue weighted by molar-refractivity contribution is 0.523. The van der Waals surface area contributed by atoms with Crippen molar-refractivity contribution < 1.29 is 0 Å². The van der Waals surface area contributed by atoms with E-state index in [9.17, 15) is 0 Å². The standard InChI is InChI=1S/C10H16ClN3/c1-12-6-5-8-10(11)14-7-3-2-4-9(14)13-8/h12H,2-7H2,1H3. The van der Waals surface area contributed by atoms with E-state index in [4.69, 9.17) is 11.6 Å². The summed E-state index contributed by atoms with van der Waals surface area (Å²) in [4.78, 5) is 4.58. The van der Waals surface area contributed by atoms with Gasteiger partial charge < -0.3 is 9.88 Å². The number of hydrogen-bond acceptors (Lipinski definition) is 2. The second-order valence-corrected chi connectivity index (χ2v) is 4.09. The van der Waals surface area contributed by atoms with Crippen LogP contribution in [-0.4, -0.2) is 23.1 Å². The Morgan fingerprint density at radius 3 is 3.07 bits per heavy atom. The molecule has 0 unspecified atom stereocenters. The minimum Gasteiger partial charge on any atom is -0.319 e. The van der Waals surface area contributed by atoms with Crippen molar-refractivity contribution in [2.45, 2.75) is 32.2 Å². The van der Waals surface area contributed by atoms with Crippen LogP contribution in [0, 0.1) is 0 Å². The van der Waals surface area contributed by atoms with Crippen molar-refractivity contribution >= 4 is 11.6 Å². The van der Waals surface area contributed by atoms with Gasteiger partial charge in [0.05, 0.1) is 5.69 Å². The Bertz CT molecular complexity index is 319. The monoisotopic (exact) mass is 213 g/mol. The third-order valence-electron chi connectivity index (χ3n) is 2.69. The van der Waals surface area contributed by atoms with Crippen LogP contribution in [0.15, 0.2) is 0 Å². The van der Waals surface area contributed by atoms with E-state index in [0.717, 1.165) is 36.8 Å². The number of hydrogen-bond donors (Lipinski definition) is 1. The molecule has 1 N–H and O–H groups in total. The number of aromatic nitrogens is 2. The molecule has 78 valence electrons. The summed E-state index contributed by atoms with van der Waals surface area (Å²) in [5, 5.41) is 3.97. The van der Waals surface area contributed by atoms with Gasteiger partial charge in [-0.25, -0.2) is 4.98 Å². The predicted molar refractivity (Wildman–Crippen MR) is 57.8 cm³/mol. The van der Waals surface area contributed by atoms with Crippen LogP contribution in [-0.2, 0) is 19.4 Å². The second kappa shape index (κ2) is 4.32. The highest BCUT2D eigenvalue weighted by Gasteiger charge is 2.17. The molecule has 2 heterocycles. The summed E-state index contributed by atoms with van der Waals surface area (Å²) in [5.74, 6) is 1.17. The Labute approximate surface area is 89.5 Å². The molecule has 4 heteroatoms. The average Bonchev–Trinajstić information content (AvgIpc) is 2.54. The van der Waals surface area contributed by atoms with E-state index >= 15 is 0 Å². The van der Waals surface area contributed by atoms with Gasteiger partial charge in [0.1, 0.15) is 11.0 Å². The fourth-order valence-electron chi connectivity index (χ4n) is 1.90. The van der Waals surface area contributed by atoms with Crippen molar-refractivity contribution in [3.05, 3.63) is 16.7 Å². The van der Waals surface area contributed by atoms with Crippen molar-refractivity contribution in [2.24, 2.45) is 0 Å². The molecule has 1 aliphatic heterocycles. The first kappa shape index (κ1) is 9.99. The Morgan fingerprint density at radius 1 is 1.50 bits per heavy atom. The lowest BCUT2D eigenvalue weighted by Crippen LogP contribution is -2.11. The number of rotatable bonds is 3. The first-order chi connectivity index (χ1) is 6.83. The number of likely N-dealkylation sites (N-methyl/N-ethyl adjacent to an activating group) is 1. The summed E-state index contributed by atoms with van der Waals surface area (Å²) in [5.41, 5.74) is 1.05. The number of nitrogens with zero attached hydrogens (tertiary/aromatic N) is 2. The van der Waals surface area contributed by atoms with Crippen molar-refractivity contribution in [1.29, 1.82) is 0 Å². The predicted octanol–water partition coefficient (Wildman–Crippen LogP) is 1.63. The Morgan fingerprint density at radius 2 is 2.36 bits per heavy atom. The van der Waals surface area contributed by atoms with E-state index < -0.39 is 0 Å². The summed E-state index contributed by atoms with van der Waals surface area (Å²) < 4.78 is 2.16. The Balaban J connectivity index is 2.20. The number of imidazole rings is 1. The number of nitrogens with one attached hydrogen (secondary N) is 1. The van der Waals surface area contributed by atoms with E-state index in [1.807, 2.05) is 7.05 Å². The van der Waals surface area contributed by atoms with Crippen molar-refractivity contribution in [2.75, 3.05) is 13.6 Å². The van der Waals surface area contributed by atoms with E-state index in [1.165, 1.54) is 18.7 Å². The van der Waals surface area contributed by atoms with Gasteiger partial charge in [-0.1, -0.05) is 11.6 Å². The SMILES string of the molecule is CNCCc1nc2n(c1Cl)CCCC2. The minimum atomic E-state index is 0.856. The molecule has 1 aromatic rings.